The zero-order chi connectivity index (χ0) is 12.5. The Morgan fingerprint density at radius 2 is 1.67 bits per heavy atom. The number of phenols is 1. The molecule has 18 heavy (non-hydrogen) atoms. The molecule has 3 rings (SSSR count). The highest BCUT2D eigenvalue weighted by molar-refractivity contribution is 5.84. The van der Waals surface area contributed by atoms with E-state index in [-0.39, 0.29) is 5.75 Å². The molecule has 2 aromatic carbocycles. The lowest BCUT2D eigenvalue weighted by Gasteiger charge is -2.06. The SMILES string of the molecule is Cc1cc(-c2ccc(O)cc2)nc2ccccc12. The highest BCUT2D eigenvalue weighted by Crippen LogP contribution is 2.25. The van der Waals surface area contributed by atoms with Gasteiger partial charge in [-0.2, -0.15) is 0 Å². The van der Waals surface area contributed by atoms with Crippen molar-refractivity contribution in [2.24, 2.45) is 0 Å². The Morgan fingerprint density at radius 1 is 0.944 bits per heavy atom. The van der Waals surface area contributed by atoms with Crippen molar-refractivity contribution in [1.29, 1.82) is 0 Å². The smallest absolute Gasteiger partial charge is 0.115 e. The highest BCUT2D eigenvalue weighted by atomic mass is 16.3. The van der Waals surface area contributed by atoms with Gasteiger partial charge in [0, 0.05) is 10.9 Å². The normalized spacial score (nSPS) is 10.7. The van der Waals surface area contributed by atoms with Crippen molar-refractivity contribution in [1.82, 2.24) is 4.98 Å². The minimum absolute atomic E-state index is 0.274. The lowest BCUT2D eigenvalue weighted by Crippen LogP contribution is -1.88. The molecule has 1 heterocycles. The first-order valence-electron chi connectivity index (χ1n) is 5.90. The van der Waals surface area contributed by atoms with Crippen LogP contribution in [0.4, 0.5) is 0 Å². The van der Waals surface area contributed by atoms with Crippen LogP contribution in [0.5, 0.6) is 5.75 Å². The minimum Gasteiger partial charge on any atom is -0.508 e. The van der Waals surface area contributed by atoms with Gasteiger partial charge in [-0.15, -0.1) is 0 Å². The maximum absolute atomic E-state index is 9.31. The van der Waals surface area contributed by atoms with E-state index in [9.17, 15) is 5.11 Å². The maximum Gasteiger partial charge on any atom is 0.115 e. The topological polar surface area (TPSA) is 33.1 Å². The summed E-state index contributed by atoms with van der Waals surface area (Å²) in [6, 6.07) is 17.3. The first-order chi connectivity index (χ1) is 8.74. The first kappa shape index (κ1) is 10.8. The average molecular weight is 235 g/mol. The van der Waals surface area contributed by atoms with E-state index in [2.05, 4.69) is 24.0 Å². The van der Waals surface area contributed by atoms with Gasteiger partial charge in [-0.25, -0.2) is 4.98 Å². The van der Waals surface area contributed by atoms with E-state index >= 15 is 0 Å². The van der Waals surface area contributed by atoms with Crippen LogP contribution in [0, 0.1) is 6.92 Å². The summed E-state index contributed by atoms with van der Waals surface area (Å²) in [5, 5.41) is 10.5. The summed E-state index contributed by atoms with van der Waals surface area (Å²) in [5.74, 6) is 0.274. The van der Waals surface area contributed by atoms with E-state index in [1.54, 1.807) is 12.1 Å². The van der Waals surface area contributed by atoms with Crippen LogP contribution in [0.25, 0.3) is 22.2 Å². The summed E-state index contributed by atoms with van der Waals surface area (Å²) in [6.45, 7) is 2.09. The molecule has 0 aliphatic heterocycles. The second-order valence-electron chi connectivity index (χ2n) is 4.39. The third kappa shape index (κ3) is 1.82. The standard InChI is InChI=1S/C16H13NO/c1-11-10-16(12-6-8-13(18)9-7-12)17-15-5-3-2-4-14(11)15/h2-10,18H,1H3. The molecule has 2 nitrogen and oxygen atoms in total. The van der Waals surface area contributed by atoms with Crippen LogP contribution in [0.3, 0.4) is 0 Å². The molecule has 0 saturated heterocycles. The number of fused-ring (bicyclic) bond motifs is 1. The van der Waals surface area contributed by atoms with Crippen molar-refractivity contribution in [2.75, 3.05) is 0 Å². The number of benzene rings is 2. The third-order valence-corrected chi connectivity index (χ3v) is 3.09. The first-order valence-corrected chi connectivity index (χ1v) is 5.90. The van der Waals surface area contributed by atoms with E-state index in [0.29, 0.717) is 0 Å². The zero-order valence-corrected chi connectivity index (χ0v) is 10.1. The Labute approximate surface area is 106 Å². The van der Waals surface area contributed by atoms with E-state index in [1.807, 2.05) is 30.3 Å². The summed E-state index contributed by atoms with van der Waals surface area (Å²) in [6.07, 6.45) is 0. The molecule has 0 atom stereocenters. The Kier molecular flexibility index (Phi) is 2.49. The van der Waals surface area contributed by atoms with Crippen molar-refractivity contribution in [3.05, 3.63) is 60.2 Å². The second-order valence-corrected chi connectivity index (χ2v) is 4.39. The Morgan fingerprint density at radius 3 is 2.44 bits per heavy atom. The van der Waals surface area contributed by atoms with Crippen LogP contribution < -0.4 is 0 Å². The number of aromatic hydroxyl groups is 1. The number of rotatable bonds is 1. The molecule has 0 aliphatic carbocycles. The van der Waals surface area contributed by atoms with E-state index in [0.717, 1.165) is 16.8 Å². The van der Waals surface area contributed by atoms with Crippen molar-refractivity contribution in [3.63, 3.8) is 0 Å². The van der Waals surface area contributed by atoms with Gasteiger partial charge in [0.1, 0.15) is 5.75 Å². The summed E-state index contributed by atoms with van der Waals surface area (Å²) >= 11 is 0. The largest absolute Gasteiger partial charge is 0.508 e. The molecule has 0 spiro atoms. The number of phenolic OH excluding ortho intramolecular Hbond substituents is 1. The molecule has 0 aliphatic rings. The summed E-state index contributed by atoms with van der Waals surface area (Å²) in [5.41, 5.74) is 4.16. The molecule has 88 valence electrons. The van der Waals surface area contributed by atoms with Gasteiger partial charge < -0.3 is 5.11 Å². The van der Waals surface area contributed by atoms with Gasteiger partial charge in [0.25, 0.3) is 0 Å². The minimum atomic E-state index is 0.274. The van der Waals surface area contributed by atoms with Crippen molar-refractivity contribution >= 4 is 10.9 Å². The zero-order valence-electron chi connectivity index (χ0n) is 10.1. The third-order valence-electron chi connectivity index (χ3n) is 3.09. The average Bonchev–Trinajstić information content (AvgIpc) is 2.39. The van der Waals surface area contributed by atoms with E-state index in [1.165, 1.54) is 10.9 Å². The molecule has 1 N–H and O–H groups in total. The molecular weight excluding hydrogens is 222 g/mol. The van der Waals surface area contributed by atoms with Crippen molar-refractivity contribution in [3.8, 4) is 17.0 Å². The molecular formula is C16H13NO. The Bertz CT molecular complexity index is 702. The van der Waals surface area contributed by atoms with Gasteiger partial charge >= 0.3 is 0 Å². The number of para-hydroxylation sites is 1. The molecule has 0 fully saturated rings. The molecule has 3 aromatic rings. The fourth-order valence-electron chi connectivity index (χ4n) is 2.13. The molecule has 1 aromatic heterocycles. The number of hydrogen-bond acceptors (Lipinski definition) is 2. The lowest BCUT2D eigenvalue weighted by atomic mass is 10.1. The number of hydrogen-bond donors (Lipinski definition) is 1. The maximum atomic E-state index is 9.31. The van der Waals surface area contributed by atoms with Gasteiger partial charge in [-0.3, -0.25) is 0 Å². The quantitative estimate of drug-likeness (QED) is 0.693. The molecule has 0 bridgehead atoms. The van der Waals surface area contributed by atoms with Crippen molar-refractivity contribution < 1.29 is 5.11 Å². The van der Waals surface area contributed by atoms with E-state index in [4.69, 9.17) is 0 Å². The number of aromatic nitrogens is 1. The Hall–Kier alpha value is -2.35. The number of aryl methyl sites for hydroxylation is 1. The number of pyridine rings is 1. The van der Waals surface area contributed by atoms with Crippen LogP contribution in [0.15, 0.2) is 54.6 Å². The van der Waals surface area contributed by atoms with Crippen molar-refractivity contribution in [2.45, 2.75) is 6.92 Å². The van der Waals surface area contributed by atoms with Gasteiger partial charge in [0.05, 0.1) is 11.2 Å². The predicted octanol–water partition coefficient (Wildman–Crippen LogP) is 3.92. The lowest BCUT2D eigenvalue weighted by molar-refractivity contribution is 0.475. The molecule has 0 saturated carbocycles. The summed E-state index contributed by atoms with van der Waals surface area (Å²) in [4.78, 5) is 4.65. The van der Waals surface area contributed by atoms with Crippen LogP contribution in [-0.2, 0) is 0 Å². The van der Waals surface area contributed by atoms with Gasteiger partial charge in [-0.1, -0.05) is 18.2 Å². The summed E-state index contributed by atoms with van der Waals surface area (Å²) in [7, 11) is 0. The fourth-order valence-corrected chi connectivity index (χ4v) is 2.13. The number of nitrogens with zero attached hydrogens (tertiary/aromatic N) is 1. The predicted molar refractivity (Wildman–Crippen MR) is 73.6 cm³/mol. The van der Waals surface area contributed by atoms with Gasteiger partial charge in [0.2, 0.25) is 0 Å². The Balaban J connectivity index is 2.21. The second kappa shape index (κ2) is 4.15. The van der Waals surface area contributed by atoms with Crippen LogP contribution in [0.1, 0.15) is 5.56 Å². The van der Waals surface area contributed by atoms with Crippen LogP contribution in [0.2, 0.25) is 0 Å². The molecule has 0 unspecified atom stereocenters. The van der Waals surface area contributed by atoms with Crippen LogP contribution >= 0.6 is 0 Å². The van der Waals surface area contributed by atoms with Gasteiger partial charge in [0.15, 0.2) is 0 Å². The molecule has 0 radical (unpaired) electrons. The van der Waals surface area contributed by atoms with E-state index < -0.39 is 0 Å². The summed E-state index contributed by atoms with van der Waals surface area (Å²) < 4.78 is 0. The van der Waals surface area contributed by atoms with Crippen LogP contribution in [-0.4, -0.2) is 10.1 Å². The molecule has 0 amide bonds. The monoisotopic (exact) mass is 235 g/mol. The van der Waals surface area contributed by atoms with Gasteiger partial charge in [-0.05, 0) is 48.9 Å². The highest BCUT2D eigenvalue weighted by Gasteiger charge is 2.04. The fraction of sp³-hybridized carbons (Fsp3) is 0.0625. The molecule has 2 heteroatoms.